The zero-order valence-electron chi connectivity index (χ0n) is 10.4. The molecule has 0 atom stereocenters. The molecule has 0 fully saturated rings. The van der Waals surface area contributed by atoms with Crippen molar-refractivity contribution in [3.8, 4) is 11.6 Å². The Bertz CT molecular complexity index is 627. The van der Waals surface area contributed by atoms with Crippen LogP contribution in [0.25, 0.3) is 0 Å². The lowest BCUT2D eigenvalue weighted by molar-refractivity contribution is -0.385. The molecule has 0 amide bonds. The van der Waals surface area contributed by atoms with Gasteiger partial charge < -0.3 is 4.74 Å². The van der Waals surface area contributed by atoms with Crippen molar-refractivity contribution in [1.29, 1.82) is 0 Å². The van der Waals surface area contributed by atoms with Gasteiger partial charge in [0.1, 0.15) is 5.75 Å². The van der Waals surface area contributed by atoms with E-state index in [-0.39, 0.29) is 5.69 Å². The van der Waals surface area contributed by atoms with Gasteiger partial charge in [-0.15, -0.1) is 0 Å². The highest BCUT2D eigenvalue weighted by atomic mass is 79.9. The Kier molecular flexibility index (Phi) is 3.80. The molecule has 0 bridgehead atoms. The predicted molar refractivity (Wildman–Crippen MR) is 74.6 cm³/mol. The van der Waals surface area contributed by atoms with Gasteiger partial charge in [-0.1, -0.05) is 0 Å². The summed E-state index contributed by atoms with van der Waals surface area (Å²) < 4.78 is 6.41. The second kappa shape index (κ2) is 5.36. The molecule has 98 valence electrons. The summed E-state index contributed by atoms with van der Waals surface area (Å²) in [6.45, 7) is 3.54. The summed E-state index contributed by atoms with van der Waals surface area (Å²) in [5.41, 5.74) is 1.48. The Hall–Kier alpha value is -1.95. The summed E-state index contributed by atoms with van der Waals surface area (Å²) in [7, 11) is 0. The molecule has 0 aliphatic carbocycles. The quantitative estimate of drug-likeness (QED) is 0.628. The van der Waals surface area contributed by atoms with Crippen molar-refractivity contribution >= 4 is 21.6 Å². The van der Waals surface area contributed by atoms with E-state index >= 15 is 0 Å². The molecule has 0 radical (unpaired) electrons. The SMILES string of the molecule is Cc1cc(C)c([N+](=O)[O-])cc1Oc1ccc(Br)cn1. The van der Waals surface area contributed by atoms with Gasteiger partial charge in [0, 0.05) is 22.3 Å². The lowest BCUT2D eigenvalue weighted by Gasteiger charge is -2.09. The van der Waals surface area contributed by atoms with Crippen LogP contribution in [0.1, 0.15) is 11.1 Å². The summed E-state index contributed by atoms with van der Waals surface area (Å²) in [5, 5.41) is 10.9. The summed E-state index contributed by atoms with van der Waals surface area (Å²) in [6, 6.07) is 6.64. The summed E-state index contributed by atoms with van der Waals surface area (Å²) in [4.78, 5) is 14.6. The van der Waals surface area contributed by atoms with Crippen molar-refractivity contribution in [3.05, 3.63) is 56.2 Å². The maximum Gasteiger partial charge on any atom is 0.276 e. The van der Waals surface area contributed by atoms with Gasteiger partial charge in [-0.3, -0.25) is 10.1 Å². The van der Waals surface area contributed by atoms with Gasteiger partial charge in [-0.25, -0.2) is 4.98 Å². The molecular weight excluding hydrogens is 312 g/mol. The van der Waals surface area contributed by atoms with Crippen molar-refractivity contribution < 1.29 is 9.66 Å². The zero-order valence-corrected chi connectivity index (χ0v) is 12.0. The summed E-state index contributed by atoms with van der Waals surface area (Å²) in [6.07, 6.45) is 1.60. The minimum Gasteiger partial charge on any atom is -0.439 e. The van der Waals surface area contributed by atoms with Crippen LogP contribution in [0.4, 0.5) is 5.69 Å². The largest absolute Gasteiger partial charge is 0.439 e. The van der Waals surface area contributed by atoms with Gasteiger partial charge in [0.2, 0.25) is 5.88 Å². The molecule has 0 aliphatic heterocycles. The number of rotatable bonds is 3. The maximum absolute atomic E-state index is 10.9. The number of hydrogen-bond donors (Lipinski definition) is 0. The number of ether oxygens (including phenoxy) is 1. The highest BCUT2D eigenvalue weighted by molar-refractivity contribution is 9.10. The smallest absolute Gasteiger partial charge is 0.276 e. The van der Waals surface area contributed by atoms with E-state index in [0.29, 0.717) is 17.2 Å². The number of pyridine rings is 1. The molecule has 1 aromatic carbocycles. The highest BCUT2D eigenvalue weighted by Crippen LogP contribution is 2.31. The fraction of sp³-hybridized carbons (Fsp3) is 0.154. The van der Waals surface area contributed by atoms with Crippen molar-refractivity contribution in [2.24, 2.45) is 0 Å². The molecule has 0 spiro atoms. The Morgan fingerprint density at radius 1 is 1.26 bits per heavy atom. The predicted octanol–water partition coefficient (Wildman–Crippen LogP) is 4.16. The molecular formula is C13H11BrN2O3. The Morgan fingerprint density at radius 3 is 2.58 bits per heavy atom. The number of nitrogens with zero attached hydrogens (tertiary/aromatic N) is 2. The van der Waals surface area contributed by atoms with E-state index in [9.17, 15) is 10.1 Å². The molecule has 6 heteroatoms. The van der Waals surface area contributed by atoms with E-state index in [4.69, 9.17) is 4.74 Å². The van der Waals surface area contributed by atoms with Gasteiger partial charge in [-0.05, 0) is 47.5 Å². The van der Waals surface area contributed by atoms with Crippen molar-refractivity contribution in [1.82, 2.24) is 4.98 Å². The minimum atomic E-state index is -0.420. The molecule has 5 nitrogen and oxygen atoms in total. The van der Waals surface area contributed by atoms with Crippen molar-refractivity contribution in [2.45, 2.75) is 13.8 Å². The Morgan fingerprint density at radius 2 is 2.00 bits per heavy atom. The maximum atomic E-state index is 10.9. The fourth-order valence-corrected chi connectivity index (χ4v) is 1.90. The number of hydrogen-bond acceptors (Lipinski definition) is 4. The van der Waals surface area contributed by atoms with Crippen molar-refractivity contribution in [2.75, 3.05) is 0 Å². The second-order valence-corrected chi connectivity index (χ2v) is 4.99. The van der Waals surface area contributed by atoms with Crippen LogP contribution in [-0.4, -0.2) is 9.91 Å². The first-order valence-electron chi connectivity index (χ1n) is 5.52. The Labute approximate surface area is 118 Å². The first-order valence-corrected chi connectivity index (χ1v) is 6.31. The molecule has 0 N–H and O–H groups in total. The second-order valence-electron chi connectivity index (χ2n) is 4.08. The van der Waals surface area contributed by atoms with Crippen LogP contribution in [0.2, 0.25) is 0 Å². The lowest BCUT2D eigenvalue weighted by Crippen LogP contribution is -1.96. The number of nitro benzene ring substituents is 1. The van der Waals surface area contributed by atoms with E-state index < -0.39 is 4.92 Å². The van der Waals surface area contributed by atoms with Gasteiger partial charge in [0.15, 0.2) is 0 Å². The first kappa shape index (κ1) is 13.5. The molecule has 0 unspecified atom stereocenters. The van der Waals surface area contributed by atoms with Crippen molar-refractivity contribution in [3.63, 3.8) is 0 Å². The van der Waals surface area contributed by atoms with Crippen LogP contribution in [0, 0.1) is 24.0 Å². The van der Waals surface area contributed by atoms with Crippen LogP contribution in [0.3, 0.4) is 0 Å². The molecule has 0 aliphatic rings. The Balaban J connectivity index is 2.37. The van der Waals surface area contributed by atoms with E-state index in [2.05, 4.69) is 20.9 Å². The van der Waals surface area contributed by atoms with Crippen LogP contribution in [0.15, 0.2) is 34.9 Å². The molecule has 19 heavy (non-hydrogen) atoms. The van der Waals surface area contributed by atoms with Gasteiger partial charge in [0.25, 0.3) is 5.69 Å². The van der Waals surface area contributed by atoms with Gasteiger partial charge in [-0.2, -0.15) is 0 Å². The van der Waals surface area contributed by atoms with E-state index in [1.807, 2.05) is 6.92 Å². The lowest BCUT2D eigenvalue weighted by atomic mass is 10.1. The number of nitro groups is 1. The van der Waals surface area contributed by atoms with Crippen LogP contribution >= 0.6 is 15.9 Å². The number of benzene rings is 1. The van der Waals surface area contributed by atoms with E-state index in [1.165, 1.54) is 6.07 Å². The summed E-state index contributed by atoms with van der Waals surface area (Å²) in [5.74, 6) is 0.830. The fourth-order valence-electron chi connectivity index (χ4n) is 1.66. The minimum absolute atomic E-state index is 0.0395. The normalized spacial score (nSPS) is 10.3. The molecule has 2 aromatic rings. The van der Waals surface area contributed by atoms with E-state index in [0.717, 1.165) is 10.0 Å². The van der Waals surface area contributed by atoms with Crippen LogP contribution < -0.4 is 4.74 Å². The van der Waals surface area contributed by atoms with Crippen LogP contribution in [-0.2, 0) is 0 Å². The third-order valence-corrected chi connectivity index (χ3v) is 3.07. The van der Waals surface area contributed by atoms with Gasteiger partial charge in [0.05, 0.1) is 11.0 Å². The monoisotopic (exact) mass is 322 g/mol. The summed E-state index contributed by atoms with van der Waals surface area (Å²) >= 11 is 3.28. The number of halogens is 1. The van der Waals surface area contributed by atoms with E-state index in [1.54, 1.807) is 31.3 Å². The highest BCUT2D eigenvalue weighted by Gasteiger charge is 2.15. The topological polar surface area (TPSA) is 65.3 Å². The molecule has 2 rings (SSSR count). The molecule has 0 saturated heterocycles. The zero-order chi connectivity index (χ0) is 14.0. The number of aryl methyl sites for hydroxylation is 2. The number of aromatic nitrogens is 1. The average molecular weight is 323 g/mol. The standard InChI is InChI=1S/C13H11BrN2O3/c1-8-5-9(2)12(6-11(8)16(17)18)19-13-4-3-10(14)7-15-13/h3-7H,1-2H3. The molecule has 1 aromatic heterocycles. The van der Waals surface area contributed by atoms with Crippen LogP contribution in [0.5, 0.6) is 11.6 Å². The molecule has 0 saturated carbocycles. The molecule has 1 heterocycles. The first-order chi connectivity index (χ1) is 8.97. The third kappa shape index (κ3) is 3.08. The third-order valence-electron chi connectivity index (χ3n) is 2.60. The average Bonchev–Trinajstić information content (AvgIpc) is 2.34. The van der Waals surface area contributed by atoms with Gasteiger partial charge >= 0.3 is 0 Å².